The third kappa shape index (κ3) is 4.92. The van der Waals surface area contributed by atoms with Gasteiger partial charge in [-0.3, -0.25) is 0 Å². The first kappa shape index (κ1) is 15.5. The van der Waals surface area contributed by atoms with Gasteiger partial charge in [-0.2, -0.15) is 0 Å². The minimum absolute atomic E-state index is 0.448. The number of nitrogens with one attached hydrogen (secondary N) is 1. The van der Waals surface area contributed by atoms with E-state index in [4.69, 9.17) is 0 Å². The van der Waals surface area contributed by atoms with E-state index in [1.807, 2.05) is 0 Å². The molecule has 1 aromatic rings. The minimum atomic E-state index is 0.448. The summed E-state index contributed by atoms with van der Waals surface area (Å²) in [6.45, 7) is 4.63. The van der Waals surface area contributed by atoms with Crippen LogP contribution in [0.2, 0.25) is 0 Å². The zero-order valence-corrected chi connectivity index (χ0v) is 13.3. The standard InChI is InChI=1S/C18H30N2/c1-15-8-7-9-16(12-15)13-19-18(14-20(2)3)17-10-5-4-6-11-17/h4-6,10-11,15-16,18-19H,7-9,12-14H2,1-3H3. The van der Waals surface area contributed by atoms with Crippen molar-refractivity contribution in [2.75, 3.05) is 27.2 Å². The SMILES string of the molecule is CC1CCCC(CNC(CN(C)C)c2ccccc2)C1. The lowest BCUT2D eigenvalue weighted by atomic mass is 9.82. The van der Waals surface area contributed by atoms with Crippen molar-refractivity contribution in [3.63, 3.8) is 0 Å². The first-order valence-electron chi connectivity index (χ1n) is 8.08. The molecule has 0 radical (unpaired) electrons. The van der Waals surface area contributed by atoms with Gasteiger partial charge in [0, 0.05) is 12.6 Å². The summed E-state index contributed by atoms with van der Waals surface area (Å²) in [5, 5.41) is 3.82. The van der Waals surface area contributed by atoms with Gasteiger partial charge < -0.3 is 10.2 Å². The van der Waals surface area contributed by atoms with Gasteiger partial charge in [0.15, 0.2) is 0 Å². The number of hydrogen-bond donors (Lipinski definition) is 1. The molecule has 1 fully saturated rings. The summed E-state index contributed by atoms with van der Waals surface area (Å²) in [6, 6.07) is 11.3. The Bertz CT molecular complexity index is 374. The fourth-order valence-corrected chi connectivity index (χ4v) is 3.39. The van der Waals surface area contributed by atoms with Crippen molar-refractivity contribution in [1.29, 1.82) is 0 Å². The van der Waals surface area contributed by atoms with Gasteiger partial charge in [0.1, 0.15) is 0 Å². The molecule has 3 unspecified atom stereocenters. The van der Waals surface area contributed by atoms with E-state index in [-0.39, 0.29) is 0 Å². The highest BCUT2D eigenvalue weighted by molar-refractivity contribution is 5.19. The summed E-state index contributed by atoms with van der Waals surface area (Å²) >= 11 is 0. The van der Waals surface area contributed by atoms with E-state index in [2.05, 4.69) is 61.6 Å². The molecule has 0 heterocycles. The molecule has 0 aliphatic heterocycles. The Balaban J connectivity index is 1.91. The molecule has 1 aliphatic rings. The van der Waals surface area contributed by atoms with Gasteiger partial charge in [-0.25, -0.2) is 0 Å². The van der Waals surface area contributed by atoms with Crippen molar-refractivity contribution in [2.24, 2.45) is 11.8 Å². The molecule has 0 aromatic heterocycles. The van der Waals surface area contributed by atoms with E-state index in [9.17, 15) is 0 Å². The van der Waals surface area contributed by atoms with Crippen LogP contribution < -0.4 is 5.32 Å². The van der Waals surface area contributed by atoms with Crippen molar-refractivity contribution in [1.82, 2.24) is 10.2 Å². The smallest absolute Gasteiger partial charge is 0.0449 e. The van der Waals surface area contributed by atoms with Crippen LogP contribution in [0.4, 0.5) is 0 Å². The second kappa shape index (κ2) is 7.80. The van der Waals surface area contributed by atoms with E-state index in [0.29, 0.717) is 6.04 Å². The van der Waals surface area contributed by atoms with Crippen LogP contribution in [0.3, 0.4) is 0 Å². The minimum Gasteiger partial charge on any atom is -0.309 e. The first-order chi connectivity index (χ1) is 9.65. The molecular weight excluding hydrogens is 244 g/mol. The third-order valence-corrected chi connectivity index (χ3v) is 4.45. The van der Waals surface area contributed by atoms with Crippen molar-refractivity contribution >= 4 is 0 Å². The highest BCUT2D eigenvalue weighted by atomic mass is 15.1. The predicted molar refractivity (Wildman–Crippen MR) is 86.9 cm³/mol. The van der Waals surface area contributed by atoms with E-state index >= 15 is 0 Å². The summed E-state index contributed by atoms with van der Waals surface area (Å²) in [5.41, 5.74) is 1.41. The second-order valence-electron chi connectivity index (χ2n) is 6.77. The fourth-order valence-electron chi connectivity index (χ4n) is 3.39. The van der Waals surface area contributed by atoms with E-state index < -0.39 is 0 Å². The molecule has 2 heteroatoms. The molecule has 0 amide bonds. The van der Waals surface area contributed by atoms with Crippen LogP contribution in [-0.2, 0) is 0 Å². The van der Waals surface area contributed by atoms with Crippen molar-refractivity contribution in [3.05, 3.63) is 35.9 Å². The Morgan fingerprint density at radius 2 is 1.95 bits per heavy atom. The maximum Gasteiger partial charge on any atom is 0.0449 e. The van der Waals surface area contributed by atoms with Crippen molar-refractivity contribution < 1.29 is 0 Å². The highest BCUT2D eigenvalue weighted by Crippen LogP contribution is 2.28. The normalized spacial score (nSPS) is 24.8. The zero-order chi connectivity index (χ0) is 14.4. The highest BCUT2D eigenvalue weighted by Gasteiger charge is 2.20. The fraction of sp³-hybridized carbons (Fsp3) is 0.667. The number of likely N-dealkylation sites (N-methyl/N-ethyl adjacent to an activating group) is 1. The van der Waals surface area contributed by atoms with Crippen LogP contribution in [0.1, 0.15) is 44.2 Å². The van der Waals surface area contributed by atoms with Crippen LogP contribution in [0.5, 0.6) is 0 Å². The lowest BCUT2D eigenvalue weighted by molar-refractivity contribution is 0.255. The molecule has 0 saturated heterocycles. The molecule has 20 heavy (non-hydrogen) atoms. The Morgan fingerprint density at radius 3 is 2.60 bits per heavy atom. The van der Waals surface area contributed by atoms with Gasteiger partial charge in [0.2, 0.25) is 0 Å². The average molecular weight is 274 g/mol. The maximum atomic E-state index is 3.82. The number of hydrogen-bond acceptors (Lipinski definition) is 2. The number of nitrogens with zero attached hydrogens (tertiary/aromatic N) is 1. The van der Waals surface area contributed by atoms with Gasteiger partial charge in [0.05, 0.1) is 0 Å². The lowest BCUT2D eigenvalue weighted by Gasteiger charge is -2.30. The molecule has 3 atom stereocenters. The Labute approximate surface area is 124 Å². The van der Waals surface area contributed by atoms with Gasteiger partial charge in [-0.15, -0.1) is 0 Å². The van der Waals surface area contributed by atoms with Gasteiger partial charge >= 0.3 is 0 Å². The predicted octanol–water partition coefficient (Wildman–Crippen LogP) is 3.71. The van der Waals surface area contributed by atoms with Crippen LogP contribution in [-0.4, -0.2) is 32.1 Å². The molecule has 0 bridgehead atoms. The van der Waals surface area contributed by atoms with Crippen molar-refractivity contribution in [2.45, 2.75) is 38.6 Å². The molecule has 1 aliphatic carbocycles. The lowest BCUT2D eigenvalue weighted by Crippen LogP contribution is -2.35. The summed E-state index contributed by atoms with van der Waals surface area (Å²) < 4.78 is 0. The number of rotatable bonds is 6. The Morgan fingerprint density at radius 1 is 1.20 bits per heavy atom. The molecule has 112 valence electrons. The van der Waals surface area contributed by atoms with Gasteiger partial charge in [0.25, 0.3) is 0 Å². The van der Waals surface area contributed by atoms with E-state index in [0.717, 1.165) is 24.9 Å². The second-order valence-corrected chi connectivity index (χ2v) is 6.77. The largest absolute Gasteiger partial charge is 0.309 e. The molecule has 2 rings (SSSR count). The Kier molecular flexibility index (Phi) is 6.06. The summed E-state index contributed by atoms with van der Waals surface area (Å²) in [4.78, 5) is 2.27. The van der Waals surface area contributed by atoms with Gasteiger partial charge in [-0.05, 0) is 50.9 Å². The third-order valence-electron chi connectivity index (χ3n) is 4.45. The molecule has 1 aromatic carbocycles. The zero-order valence-electron chi connectivity index (χ0n) is 13.3. The van der Waals surface area contributed by atoms with Gasteiger partial charge in [-0.1, -0.05) is 50.1 Å². The molecule has 2 nitrogen and oxygen atoms in total. The van der Waals surface area contributed by atoms with Crippen LogP contribution >= 0.6 is 0 Å². The monoisotopic (exact) mass is 274 g/mol. The van der Waals surface area contributed by atoms with Crippen LogP contribution in [0, 0.1) is 11.8 Å². The summed E-state index contributed by atoms with van der Waals surface area (Å²) in [7, 11) is 4.31. The summed E-state index contributed by atoms with van der Waals surface area (Å²) in [5.74, 6) is 1.78. The van der Waals surface area contributed by atoms with E-state index in [1.54, 1.807) is 0 Å². The van der Waals surface area contributed by atoms with Crippen LogP contribution in [0.25, 0.3) is 0 Å². The maximum absolute atomic E-state index is 3.82. The van der Waals surface area contributed by atoms with Crippen LogP contribution in [0.15, 0.2) is 30.3 Å². The topological polar surface area (TPSA) is 15.3 Å². The molecule has 0 spiro atoms. The summed E-state index contributed by atoms with van der Waals surface area (Å²) in [6.07, 6.45) is 5.64. The molecule has 1 N–H and O–H groups in total. The average Bonchev–Trinajstić information content (AvgIpc) is 2.44. The quantitative estimate of drug-likeness (QED) is 0.851. The molecular formula is C18H30N2. The first-order valence-corrected chi connectivity index (χ1v) is 8.08. The number of benzene rings is 1. The Hall–Kier alpha value is -0.860. The molecule has 1 saturated carbocycles. The van der Waals surface area contributed by atoms with E-state index in [1.165, 1.54) is 31.2 Å². The van der Waals surface area contributed by atoms with Crippen molar-refractivity contribution in [3.8, 4) is 0 Å².